The van der Waals surface area contributed by atoms with E-state index in [4.69, 9.17) is 4.79 Å². The van der Waals surface area contributed by atoms with Crippen LogP contribution in [0.3, 0.4) is 0 Å². The van der Waals surface area contributed by atoms with Crippen molar-refractivity contribution in [3.63, 3.8) is 0 Å². The molecule has 0 aliphatic carbocycles. The van der Waals surface area contributed by atoms with E-state index in [1.807, 2.05) is 5.32 Å². The minimum absolute atomic E-state index is 0.451. The molecule has 27 heavy (non-hydrogen) atoms. The topological polar surface area (TPSA) is 75.3 Å². The van der Waals surface area contributed by atoms with Gasteiger partial charge in [0.15, 0.2) is 0 Å². The number of nitrogens with one attached hydrogen (secondary N) is 2. The number of imide groups is 1. The standard InChI is InChI=1S/C14H10F2N2O2.CF2O.CH2F2/c15-10-7-4-8-11(16)12(10)13(19)18-14(20)17-9-5-2-1-3-6-9;2-1(3)4;2-1-3/h1-8H,(H2,17,18,19,20);;1H2. The van der Waals surface area contributed by atoms with Crippen LogP contribution in [0.2, 0.25) is 0 Å². The molecule has 2 rings (SSSR count). The van der Waals surface area contributed by atoms with Crippen molar-refractivity contribution in [2.75, 3.05) is 12.2 Å². The van der Waals surface area contributed by atoms with Gasteiger partial charge in [-0.05, 0) is 24.3 Å². The molecule has 146 valence electrons. The summed E-state index contributed by atoms with van der Waals surface area (Å²) in [7, 11) is 0. The number of anilines is 1. The number of benzene rings is 2. The number of carbonyl (C=O) groups is 3. The molecule has 0 aromatic heterocycles. The van der Waals surface area contributed by atoms with E-state index in [9.17, 15) is 35.9 Å². The van der Waals surface area contributed by atoms with Crippen molar-refractivity contribution in [1.82, 2.24) is 5.32 Å². The third kappa shape index (κ3) is 10.3. The van der Waals surface area contributed by atoms with Gasteiger partial charge in [0, 0.05) is 5.69 Å². The van der Waals surface area contributed by atoms with E-state index in [1.165, 1.54) is 0 Å². The van der Waals surface area contributed by atoms with E-state index in [-0.39, 0.29) is 0 Å². The number of hydrogen-bond acceptors (Lipinski definition) is 3. The Morgan fingerprint density at radius 3 is 1.70 bits per heavy atom. The van der Waals surface area contributed by atoms with Crippen LogP contribution in [0.25, 0.3) is 0 Å². The van der Waals surface area contributed by atoms with Gasteiger partial charge in [-0.3, -0.25) is 10.1 Å². The zero-order valence-corrected chi connectivity index (χ0v) is 13.3. The van der Waals surface area contributed by atoms with E-state index < -0.39 is 42.4 Å². The highest BCUT2D eigenvalue weighted by molar-refractivity contribution is 6.08. The number of halogens is 6. The van der Waals surface area contributed by atoms with E-state index in [0.717, 1.165) is 18.2 Å². The number of rotatable bonds is 2. The number of urea groups is 1. The van der Waals surface area contributed by atoms with Crippen molar-refractivity contribution in [3.05, 3.63) is 65.7 Å². The van der Waals surface area contributed by atoms with Gasteiger partial charge in [0.2, 0.25) is 6.93 Å². The zero-order valence-electron chi connectivity index (χ0n) is 13.3. The highest BCUT2D eigenvalue weighted by atomic mass is 19.3. The highest BCUT2D eigenvalue weighted by Crippen LogP contribution is 2.12. The molecule has 2 aromatic rings. The van der Waals surface area contributed by atoms with Gasteiger partial charge in [-0.15, -0.1) is 8.78 Å². The summed E-state index contributed by atoms with van der Waals surface area (Å²) in [4.78, 5) is 31.3. The maximum atomic E-state index is 13.3. The molecule has 0 heterocycles. The van der Waals surface area contributed by atoms with Crippen molar-refractivity contribution in [1.29, 1.82) is 0 Å². The number of alkyl halides is 2. The molecule has 0 unspecified atom stereocenters. The Balaban J connectivity index is 0.000000836. The third-order valence-corrected chi connectivity index (χ3v) is 2.45. The summed E-state index contributed by atoms with van der Waals surface area (Å²) in [6.07, 6.45) is -2.83. The maximum Gasteiger partial charge on any atom is 0.483 e. The van der Waals surface area contributed by atoms with E-state index in [0.29, 0.717) is 5.69 Å². The van der Waals surface area contributed by atoms with Gasteiger partial charge in [0.05, 0.1) is 0 Å². The Morgan fingerprint density at radius 2 is 1.26 bits per heavy atom. The van der Waals surface area contributed by atoms with Crippen LogP contribution in [0.4, 0.5) is 41.6 Å². The van der Waals surface area contributed by atoms with Crippen LogP contribution in [0.1, 0.15) is 10.4 Å². The minimum Gasteiger partial charge on any atom is -0.308 e. The lowest BCUT2D eigenvalue weighted by Crippen LogP contribution is -2.35. The monoisotopic (exact) mass is 394 g/mol. The number of hydrogen-bond donors (Lipinski definition) is 2. The maximum absolute atomic E-state index is 13.3. The van der Waals surface area contributed by atoms with Gasteiger partial charge in [-0.1, -0.05) is 24.3 Å². The fourth-order valence-electron chi connectivity index (χ4n) is 1.56. The molecular weight excluding hydrogens is 382 g/mol. The second-order valence-electron chi connectivity index (χ2n) is 4.20. The molecular formula is C16H12F6N2O3. The first-order chi connectivity index (χ1) is 12.7. The lowest BCUT2D eigenvalue weighted by Gasteiger charge is -2.07. The predicted octanol–water partition coefficient (Wildman–Crippen LogP) is 4.86. The third-order valence-electron chi connectivity index (χ3n) is 2.45. The van der Waals surface area contributed by atoms with Gasteiger partial charge in [-0.25, -0.2) is 27.2 Å². The summed E-state index contributed by atoms with van der Waals surface area (Å²) in [5.41, 5.74) is -0.345. The fraction of sp³-hybridized carbons (Fsp3) is 0.0625. The second kappa shape index (κ2) is 12.9. The molecule has 0 fully saturated rings. The summed E-state index contributed by atoms with van der Waals surface area (Å²) in [6.45, 7) is -1.75. The Hall–Kier alpha value is -3.37. The summed E-state index contributed by atoms with van der Waals surface area (Å²) in [5, 5.41) is 4.22. The van der Waals surface area contributed by atoms with Gasteiger partial charge in [0.25, 0.3) is 5.91 Å². The average molecular weight is 394 g/mol. The average Bonchev–Trinajstić information content (AvgIpc) is 2.55. The van der Waals surface area contributed by atoms with Gasteiger partial charge < -0.3 is 5.32 Å². The summed E-state index contributed by atoms with van der Waals surface area (Å²) >= 11 is 0. The lowest BCUT2D eigenvalue weighted by molar-refractivity contribution is 0.0958. The first kappa shape index (κ1) is 23.6. The summed E-state index contributed by atoms with van der Waals surface area (Å²) in [6, 6.07) is 10.5. The lowest BCUT2D eigenvalue weighted by atomic mass is 10.2. The molecule has 2 aromatic carbocycles. The number of amides is 3. The summed E-state index contributed by atoms with van der Waals surface area (Å²) in [5.74, 6) is -3.21. The Labute approximate surface area is 149 Å². The second-order valence-corrected chi connectivity index (χ2v) is 4.20. The minimum atomic E-state index is -2.83. The first-order valence-electron chi connectivity index (χ1n) is 6.81. The van der Waals surface area contributed by atoms with Crippen molar-refractivity contribution >= 4 is 23.9 Å². The summed E-state index contributed by atoms with van der Waals surface area (Å²) < 4.78 is 65.3. The quantitative estimate of drug-likeness (QED) is 0.565. The van der Waals surface area contributed by atoms with Gasteiger partial charge >= 0.3 is 12.3 Å². The SMILES string of the molecule is FCF.O=C(F)F.O=C(NC(=O)c1c(F)cccc1F)Nc1ccccc1. The molecule has 0 saturated carbocycles. The van der Waals surface area contributed by atoms with Gasteiger partial charge in [-0.2, -0.15) is 0 Å². The Kier molecular flexibility index (Phi) is 11.3. The molecule has 0 spiro atoms. The van der Waals surface area contributed by atoms with Crippen LogP contribution in [0.5, 0.6) is 0 Å². The van der Waals surface area contributed by atoms with Crippen LogP contribution in [-0.4, -0.2) is 25.2 Å². The van der Waals surface area contributed by atoms with Crippen molar-refractivity contribution in [2.24, 2.45) is 0 Å². The number of para-hydroxylation sites is 1. The van der Waals surface area contributed by atoms with Gasteiger partial charge in [0.1, 0.15) is 17.2 Å². The highest BCUT2D eigenvalue weighted by Gasteiger charge is 2.18. The van der Waals surface area contributed by atoms with Crippen molar-refractivity contribution < 1.29 is 40.7 Å². The molecule has 0 radical (unpaired) electrons. The molecule has 3 amide bonds. The molecule has 5 nitrogen and oxygen atoms in total. The molecule has 11 heteroatoms. The molecule has 0 aliphatic rings. The number of carbonyl (C=O) groups excluding carboxylic acids is 3. The molecule has 2 N–H and O–H groups in total. The van der Waals surface area contributed by atoms with E-state index >= 15 is 0 Å². The first-order valence-corrected chi connectivity index (χ1v) is 6.81. The Bertz CT molecular complexity index is 735. The predicted molar refractivity (Wildman–Crippen MR) is 84.0 cm³/mol. The van der Waals surface area contributed by atoms with Crippen molar-refractivity contribution in [2.45, 2.75) is 0 Å². The van der Waals surface area contributed by atoms with Crippen LogP contribution >= 0.6 is 0 Å². The van der Waals surface area contributed by atoms with Crippen LogP contribution in [0.15, 0.2) is 48.5 Å². The van der Waals surface area contributed by atoms with Crippen LogP contribution < -0.4 is 10.6 Å². The van der Waals surface area contributed by atoms with Crippen LogP contribution in [0, 0.1) is 11.6 Å². The van der Waals surface area contributed by atoms with Crippen LogP contribution in [-0.2, 0) is 0 Å². The zero-order chi connectivity index (χ0) is 20.8. The molecule has 0 bridgehead atoms. The fourth-order valence-corrected chi connectivity index (χ4v) is 1.56. The normalized spacial score (nSPS) is 8.96. The molecule has 0 atom stereocenters. The molecule has 0 saturated heterocycles. The van der Waals surface area contributed by atoms with Crippen molar-refractivity contribution in [3.8, 4) is 0 Å². The smallest absolute Gasteiger partial charge is 0.308 e. The van der Waals surface area contributed by atoms with E-state index in [2.05, 4.69) is 5.32 Å². The Morgan fingerprint density at radius 1 is 0.815 bits per heavy atom. The van der Waals surface area contributed by atoms with E-state index in [1.54, 1.807) is 30.3 Å². The largest absolute Gasteiger partial charge is 0.483 e. The molecule has 0 aliphatic heterocycles.